The highest BCUT2D eigenvalue weighted by molar-refractivity contribution is 5.82. The molecule has 1 amide bonds. The summed E-state index contributed by atoms with van der Waals surface area (Å²) in [5, 5.41) is 9.81. The summed E-state index contributed by atoms with van der Waals surface area (Å²) >= 11 is 0. The Labute approximate surface area is 128 Å². The molecular weight excluding hydrogens is 287 g/mol. The molecule has 2 heterocycles. The van der Waals surface area contributed by atoms with Crippen molar-refractivity contribution < 1.29 is 14.3 Å². The Morgan fingerprint density at radius 3 is 2.73 bits per heavy atom. The number of likely N-dealkylation sites (tertiary alicyclic amines) is 1. The number of hydrogen-bond acceptors (Lipinski definition) is 5. The van der Waals surface area contributed by atoms with Crippen LogP contribution >= 0.6 is 0 Å². The van der Waals surface area contributed by atoms with Crippen molar-refractivity contribution >= 4 is 5.91 Å². The fraction of sp³-hybridized carbons (Fsp3) is 0.533. The number of rotatable bonds is 2. The van der Waals surface area contributed by atoms with Crippen molar-refractivity contribution in [1.82, 2.24) is 15.8 Å². The molecule has 6 nitrogen and oxygen atoms in total. The van der Waals surface area contributed by atoms with E-state index in [2.05, 4.69) is 10.9 Å². The molecule has 0 saturated carbocycles. The van der Waals surface area contributed by atoms with E-state index in [-0.39, 0.29) is 36.4 Å². The van der Waals surface area contributed by atoms with Gasteiger partial charge >= 0.3 is 0 Å². The predicted molar refractivity (Wildman–Crippen MR) is 79.0 cm³/mol. The second kappa shape index (κ2) is 6.29. The Hall–Kier alpha value is -1.54. The summed E-state index contributed by atoms with van der Waals surface area (Å²) in [7, 11) is 0. The molecule has 2 fully saturated rings. The van der Waals surface area contributed by atoms with Gasteiger partial charge in [-0.1, -0.05) is 12.1 Å². The van der Waals surface area contributed by atoms with Crippen molar-refractivity contribution in [2.24, 2.45) is 5.73 Å². The molecule has 7 heteroatoms. The van der Waals surface area contributed by atoms with Crippen LogP contribution in [0.15, 0.2) is 24.3 Å². The van der Waals surface area contributed by atoms with Crippen molar-refractivity contribution in [2.45, 2.75) is 37.1 Å². The molecule has 1 aromatic rings. The first-order chi connectivity index (χ1) is 10.5. The lowest BCUT2D eigenvalue weighted by Crippen LogP contribution is -2.55. The number of amides is 1. The minimum absolute atomic E-state index is 0.0356. The van der Waals surface area contributed by atoms with E-state index in [1.807, 2.05) is 0 Å². The maximum absolute atomic E-state index is 13.0. The minimum Gasteiger partial charge on any atom is -0.390 e. The summed E-state index contributed by atoms with van der Waals surface area (Å²) in [5.41, 5.74) is 12.8. The summed E-state index contributed by atoms with van der Waals surface area (Å²) in [6, 6.07) is 5.60. The number of hydrogen-bond donors (Lipinski definition) is 4. The molecule has 120 valence electrons. The van der Waals surface area contributed by atoms with Gasteiger partial charge in [-0.3, -0.25) is 4.79 Å². The Morgan fingerprint density at radius 2 is 2.05 bits per heavy atom. The number of aliphatic hydroxyl groups excluding tert-OH is 1. The zero-order valence-electron chi connectivity index (χ0n) is 12.2. The maximum atomic E-state index is 13.0. The number of piperidine rings is 1. The Kier molecular flexibility index (Phi) is 4.39. The first-order valence-electron chi connectivity index (χ1n) is 7.53. The molecule has 0 bridgehead atoms. The van der Waals surface area contributed by atoms with E-state index >= 15 is 0 Å². The van der Waals surface area contributed by atoms with E-state index in [1.165, 1.54) is 12.1 Å². The molecule has 0 spiro atoms. The lowest BCUT2D eigenvalue weighted by molar-refractivity contribution is -0.136. The number of benzene rings is 1. The van der Waals surface area contributed by atoms with Gasteiger partial charge in [0.2, 0.25) is 5.91 Å². The number of halogens is 1. The van der Waals surface area contributed by atoms with E-state index in [1.54, 1.807) is 17.0 Å². The molecule has 0 aliphatic carbocycles. The molecule has 22 heavy (non-hydrogen) atoms. The molecule has 0 radical (unpaired) electrons. The van der Waals surface area contributed by atoms with Crippen molar-refractivity contribution in [3.05, 3.63) is 35.6 Å². The third kappa shape index (κ3) is 3.12. The fourth-order valence-corrected chi connectivity index (χ4v) is 3.00. The number of aliphatic hydroxyl groups is 1. The lowest BCUT2D eigenvalue weighted by atomic mass is 9.99. The van der Waals surface area contributed by atoms with Crippen LogP contribution in [0, 0.1) is 5.82 Å². The van der Waals surface area contributed by atoms with Crippen LogP contribution in [0.3, 0.4) is 0 Å². The summed E-state index contributed by atoms with van der Waals surface area (Å²) in [6.45, 7) is 0.843. The molecule has 4 atom stereocenters. The van der Waals surface area contributed by atoms with Gasteiger partial charge in [0.1, 0.15) is 11.9 Å². The number of carbonyl (C=O) groups is 1. The second-order valence-electron chi connectivity index (χ2n) is 5.99. The number of hydrazine groups is 1. The van der Waals surface area contributed by atoms with Crippen molar-refractivity contribution in [1.29, 1.82) is 0 Å². The Balaban J connectivity index is 1.60. The van der Waals surface area contributed by atoms with Gasteiger partial charge < -0.3 is 15.7 Å². The predicted octanol–water partition coefficient (Wildman–Crippen LogP) is -0.346. The van der Waals surface area contributed by atoms with Crippen LogP contribution < -0.4 is 16.6 Å². The van der Waals surface area contributed by atoms with Crippen LogP contribution in [0.2, 0.25) is 0 Å². The second-order valence-corrected chi connectivity index (χ2v) is 5.99. The molecule has 2 saturated heterocycles. The highest BCUT2D eigenvalue weighted by Crippen LogP contribution is 2.24. The fourth-order valence-electron chi connectivity index (χ4n) is 3.00. The molecule has 5 N–H and O–H groups in total. The lowest BCUT2D eigenvalue weighted by Gasteiger charge is -2.35. The molecule has 2 unspecified atom stereocenters. The number of carbonyl (C=O) groups excluding carboxylic acids is 1. The van der Waals surface area contributed by atoms with Crippen LogP contribution in [0.25, 0.3) is 0 Å². The zero-order chi connectivity index (χ0) is 15.7. The van der Waals surface area contributed by atoms with Crippen LogP contribution in [0.1, 0.15) is 24.4 Å². The average Bonchev–Trinajstić information content (AvgIpc) is 3.00. The number of nitrogens with one attached hydrogen (secondary N) is 2. The SMILES string of the molecule is N[C@@H]1CCN(C(=O)C2CC(c3ccc(F)cc3)NN2)C[C@H]1O. The Morgan fingerprint density at radius 1 is 1.32 bits per heavy atom. The molecule has 1 aromatic carbocycles. The van der Waals surface area contributed by atoms with Crippen LogP contribution in [0.4, 0.5) is 4.39 Å². The highest BCUT2D eigenvalue weighted by Gasteiger charge is 2.35. The zero-order valence-corrected chi connectivity index (χ0v) is 12.2. The number of nitrogens with two attached hydrogens (primary N) is 1. The molecule has 2 aliphatic heterocycles. The monoisotopic (exact) mass is 308 g/mol. The highest BCUT2D eigenvalue weighted by atomic mass is 19.1. The van der Waals surface area contributed by atoms with Crippen LogP contribution in [0.5, 0.6) is 0 Å². The first kappa shape index (κ1) is 15.4. The molecule has 2 aliphatic rings. The van der Waals surface area contributed by atoms with Gasteiger partial charge in [0.15, 0.2) is 0 Å². The van der Waals surface area contributed by atoms with Gasteiger partial charge in [0.25, 0.3) is 0 Å². The van der Waals surface area contributed by atoms with Gasteiger partial charge in [-0.05, 0) is 30.5 Å². The van der Waals surface area contributed by atoms with Gasteiger partial charge in [0, 0.05) is 25.2 Å². The molecule has 0 aromatic heterocycles. The van der Waals surface area contributed by atoms with E-state index in [0.717, 1.165) is 5.56 Å². The normalized spacial score (nSPS) is 32.2. The third-order valence-electron chi connectivity index (χ3n) is 4.42. The molecule has 3 rings (SSSR count). The van der Waals surface area contributed by atoms with Gasteiger partial charge in [0.05, 0.1) is 6.10 Å². The third-order valence-corrected chi connectivity index (χ3v) is 4.42. The van der Waals surface area contributed by atoms with Gasteiger partial charge in [-0.25, -0.2) is 15.2 Å². The quantitative estimate of drug-likeness (QED) is 0.600. The Bertz CT molecular complexity index is 539. The van der Waals surface area contributed by atoms with E-state index < -0.39 is 6.10 Å². The largest absolute Gasteiger partial charge is 0.390 e. The number of nitrogens with zero attached hydrogens (tertiary/aromatic N) is 1. The van der Waals surface area contributed by atoms with Crippen molar-refractivity contribution in [2.75, 3.05) is 13.1 Å². The average molecular weight is 308 g/mol. The van der Waals surface area contributed by atoms with E-state index in [9.17, 15) is 14.3 Å². The minimum atomic E-state index is -0.667. The van der Waals surface area contributed by atoms with E-state index in [4.69, 9.17) is 5.73 Å². The van der Waals surface area contributed by atoms with Crippen molar-refractivity contribution in [3.8, 4) is 0 Å². The van der Waals surface area contributed by atoms with Crippen LogP contribution in [-0.2, 0) is 4.79 Å². The summed E-state index contributed by atoms with van der Waals surface area (Å²) in [4.78, 5) is 14.1. The number of β-amino-alcohol motifs (C(OH)–C–C–N with tert-alkyl or cyclic N) is 1. The first-order valence-corrected chi connectivity index (χ1v) is 7.53. The smallest absolute Gasteiger partial charge is 0.241 e. The summed E-state index contributed by atoms with van der Waals surface area (Å²) in [6.07, 6.45) is 0.525. The maximum Gasteiger partial charge on any atom is 0.241 e. The molecular formula is C15H21FN4O2. The summed E-state index contributed by atoms with van der Waals surface area (Å²) < 4.78 is 13.0. The topological polar surface area (TPSA) is 90.6 Å². The van der Waals surface area contributed by atoms with Gasteiger partial charge in [-0.2, -0.15) is 0 Å². The van der Waals surface area contributed by atoms with E-state index in [0.29, 0.717) is 19.4 Å². The van der Waals surface area contributed by atoms with Gasteiger partial charge in [-0.15, -0.1) is 0 Å². The summed E-state index contributed by atoms with van der Waals surface area (Å²) in [5.74, 6) is -0.316. The van der Waals surface area contributed by atoms with Crippen molar-refractivity contribution in [3.63, 3.8) is 0 Å². The standard InChI is InChI=1S/C15H21FN4O2/c16-10-3-1-9(2-4-10)12-7-13(19-18-12)15(22)20-6-5-11(17)14(21)8-20/h1-4,11-14,18-19,21H,5-8,17H2/t11-,12?,13?,14-/m1/s1. The van der Waals surface area contributed by atoms with Crippen LogP contribution in [-0.4, -0.2) is 47.2 Å².